The monoisotopic (exact) mass is 187 g/mol. The molecule has 0 atom stereocenters. The lowest BCUT2D eigenvalue weighted by Gasteiger charge is -2.45. The number of ketones is 1. The van der Waals surface area contributed by atoms with Crippen LogP contribution >= 0.6 is 0 Å². The minimum Gasteiger partial charge on any atom is -0.314 e. The zero-order chi connectivity index (χ0) is 9.60. The molecule has 2 nitrogen and oxygen atoms in total. The lowest BCUT2D eigenvalue weighted by Crippen LogP contribution is -2.63. The van der Waals surface area contributed by atoms with Gasteiger partial charge in [0.2, 0.25) is 0 Å². The first-order chi connectivity index (χ1) is 6.83. The third kappa shape index (κ3) is 0.867. The molecule has 0 unspecified atom stereocenters. The number of carbonyl (C=O) groups is 1. The third-order valence-electron chi connectivity index (χ3n) is 3.54. The van der Waals surface area contributed by atoms with Gasteiger partial charge < -0.3 is 5.32 Å². The van der Waals surface area contributed by atoms with Gasteiger partial charge in [0.05, 0.1) is 5.41 Å². The van der Waals surface area contributed by atoms with Crippen molar-refractivity contribution >= 4 is 5.78 Å². The van der Waals surface area contributed by atoms with E-state index >= 15 is 0 Å². The SMILES string of the molecule is O=C1CCc2ccccc2C12CNC2. The molecule has 1 aliphatic carbocycles. The Morgan fingerprint density at radius 3 is 2.64 bits per heavy atom. The van der Waals surface area contributed by atoms with E-state index in [1.165, 1.54) is 11.1 Å². The Labute approximate surface area is 83.3 Å². The number of hydrogen-bond acceptors (Lipinski definition) is 2. The molecule has 1 saturated heterocycles. The lowest BCUT2D eigenvalue weighted by molar-refractivity contribution is -0.127. The highest BCUT2D eigenvalue weighted by Crippen LogP contribution is 2.37. The Balaban J connectivity index is 2.17. The lowest BCUT2D eigenvalue weighted by atomic mass is 9.65. The Morgan fingerprint density at radius 1 is 1.14 bits per heavy atom. The van der Waals surface area contributed by atoms with Crippen LogP contribution in [0.1, 0.15) is 17.5 Å². The maximum absolute atomic E-state index is 11.9. The second-order valence-electron chi connectivity index (χ2n) is 4.27. The van der Waals surface area contributed by atoms with Gasteiger partial charge in [0.1, 0.15) is 5.78 Å². The van der Waals surface area contributed by atoms with Crippen molar-refractivity contribution in [1.82, 2.24) is 5.32 Å². The minimum absolute atomic E-state index is 0.158. The van der Waals surface area contributed by atoms with Crippen LogP contribution in [0.25, 0.3) is 0 Å². The number of fused-ring (bicyclic) bond motifs is 2. The van der Waals surface area contributed by atoms with Crippen LogP contribution in [-0.4, -0.2) is 18.9 Å². The molecule has 0 amide bonds. The highest BCUT2D eigenvalue weighted by molar-refractivity contribution is 5.94. The number of nitrogens with one attached hydrogen (secondary N) is 1. The summed E-state index contributed by atoms with van der Waals surface area (Å²) < 4.78 is 0. The summed E-state index contributed by atoms with van der Waals surface area (Å²) in [6, 6.07) is 8.38. The van der Waals surface area contributed by atoms with Crippen molar-refractivity contribution in [2.24, 2.45) is 0 Å². The van der Waals surface area contributed by atoms with Crippen molar-refractivity contribution in [1.29, 1.82) is 0 Å². The van der Waals surface area contributed by atoms with E-state index in [-0.39, 0.29) is 5.41 Å². The first-order valence-corrected chi connectivity index (χ1v) is 5.15. The maximum atomic E-state index is 11.9. The van der Waals surface area contributed by atoms with Gasteiger partial charge in [-0.1, -0.05) is 24.3 Å². The van der Waals surface area contributed by atoms with Gasteiger partial charge >= 0.3 is 0 Å². The number of benzene rings is 1. The summed E-state index contributed by atoms with van der Waals surface area (Å²) in [5.74, 6) is 0.426. The molecule has 1 heterocycles. The van der Waals surface area contributed by atoms with Crippen LogP contribution in [0.3, 0.4) is 0 Å². The molecular weight excluding hydrogens is 174 g/mol. The molecule has 2 heteroatoms. The van der Waals surface area contributed by atoms with E-state index in [2.05, 4.69) is 23.5 Å². The first kappa shape index (κ1) is 8.18. The Bertz CT molecular complexity index is 393. The fourth-order valence-electron chi connectivity index (χ4n) is 2.61. The molecule has 1 aliphatic heterocycles. The van der Waals surface area contributed by atoms with Crippen molar-refractivity contribution in [3.8, 4) is 0 Å². The molecule has 14 heavy (non-hydrogen) atoms. The van der Waals surface area contributed by atoms with Crippen molar-refractivity contribution in [3.63, 3.8) is 0 Å². The molecule has 1 aromatic carbocycles. The van der Waals surface area contributed by atoms with Gasteiger partial charge in [0.15, 0.2) is 0 Å². The Hall–Kier alpha value is -1.15. The summed E-state index contributed by atoms with van der Waals surface area (Å²) in [6.07, 6.45) is 1.65. The van der Waals surface area contributed by atoms with Crippen molar-refractivity contribution in [3.05, 3.63) is 35.4 Å². The highest BCUT2D eigenvalue weighted by Gasteiger charge is 2.47. The average Bonchev–Trinajstić information content (AvgIpc) is 2.15. The summed E-state index contributed by atoms with van der Waals surface area (Å²) in [7, 11) is 0. The summed E-state index contributed by atoms with van der Waals surface area (Å²) in [5.41, 5.74) is 2.48. The van der Waals surface area contributed by atoms with Gasteiger partial charge in [0, 0.05) is 19.5 Å². The Morgan fingerprint density at radius 2 is 1.93 bits per heavy atom. The van der Waals surface area contributed by atoms with Gasteiger partial charge in [-0.2, -0.15) is 0 Å². The van der Waals surface area contributed by atoms with E-state index in [1.54, 1.807) is 0 Å². The zero-order valence-electron chi connectivity index (χ0n) is 8.05. The van der Waals surface area contributed by atoms with Gasteiger partial charge in [-0.25, -0.2) is 0 Å². The third-order valence-corrected chi connectivity index (χ3v) is 3.54. The van der Waals surface area contributed by atoms with E-state index in [4.69, 9.17) is 0 Å². The normalized spacial score (nSPS) is 23.0. The standard InChI is InChI=1S/C12H13NO/c14-11-6-5-9-3-1-2-4-10(9)12(11)7-13-8-12/h1-4,13H,5-8H2. The largest absolute Gasteiger partial charge is 0.314 e. The van der Waals surface area contributed by atoms with Crippen LogP contribution in [0.2, 0.25) is 0 Å². The van der Waals surface area contributed by atoms with Crippen LogP contribution in [-0.2, 0) is 16.6 Å². The van der Waals surface area contributed by atoms with Gasteiger partial charge in [-0.05, 0) is 17.5 Å². The smallest absolute Gasteiger partial charge is 0.146 e. The fourth-order valence-corrected chi connectivity index (χ4v) is 2.61. The second-order valence-corrected chi connectivity index (χ2v) is 4.27. The summed E-state index contributed by atoms with van der Waals surface area (Å²) in [4.78, 5) is 11.9. The quantitative estimate of drug-likeness (QED) is 0.657. The molecule has 1 fully saturated rings. The number of hydrogen-bond donors (Lipinski definition) is 1. The second kappa shape index (κ2) is 2.67. The molecule has 1 spiro atoms. The van der Waals surface area contributed by atoms with Crippen molar-refractivity contribution in [2.45, 2.75) is 18.3 Å². The molecule has 2 aliphatic rings. The molecule has 1 aromatic rings. The van der Waals surface area contributed by atoms with Gasteiger partial charge in [-0.15, -0.1) is 0 Å². The first-order valence-electron chi connectivity index (χ1n) is 5.15. The van der Waals surface area contributed by atoms with Crippen LogP contribution in [0.5, 0.6) is 0 Å². The molecule has 1 N–H and O–H groups in total. The van der Waals surface area contributed by atoms with E-state index in [0.717, 1.165) is 25.9 Å². The van der Waals surface area contributed by atoms with Crippen molar-refractivity contribution in [2.75, 3.05) is 13.1 Å². The summed E-state index contributed by atoms with van der Waals surface area (Å²) >= 11 is 0. The van der Waals surface area contributed by atoms with Crippen LogP contribution < -0.4 is 5.32 Å². The molecule has 3 rings (SSSR count). The predicted octanol–water partition coefficient (Wildman–Crippen LogP) is 1.04. The van der Waals surface area contributed by atoms with Crippen LogP contribution in [0.15, 0.2) is 24.3 Å². The van der Waals surface area contributed by atoms with E-state index in [9.17, 15) is 4.79 Å². The van der Waals surface area contributed by atoms with E-state index in [0.29, 0.717) is 5.78 Å². The number of aryl methyl sites for hydroxylation is 1. The maximum Gasteiger partial charge on any atom is 0.146 e. The highest BCUT2D eigenvalue weighted by atomic mass is 16.1. The van der Waals surface area contributed by atoms with Crippen molar-refractivity contribution < 1.29 is 4.79 Å². The molecule has 0 radical (unpaired) electrons. The zero-order valence-corrected chi connectivity index (χ0v) is 8.05. The number of Topliss-reactive ketones (excluding diaryl/α,β-unsaturated/α-hetero) is 1. The number of carbonyl (C=O) groups excluding carboxylic acids is 1. The topological polar surface area (TPSA) is 29.1 Å². The fraction of sp³-hybridized carbons (Fsp3) is 0.417. The predicted molar refractivity (Wildman–Crippen MR) is 54.3 cm³/mol. The van der Waals surface area contributed by atoms with Gasteiger partial charge in [0.25, 0.3) is 0 Å². The van der Waals surface area contributed by atoms with Crippen LogP contribution in [0.4, 0.5) is 0 Å². The Kier molecular flexibility index (Phi) is 1.56. The molecule has 0 aromatic heterocycles. The summed E-state index contributed by atoms with van der Waals surface area (Å²) in [5, 5.41) is 3.22. The molecular formula is C12H13NO. The van der Waals surface area contributed by atoms with E-state index < -0.39 is 0 Å². The molecule has 0 bridgehead atoms. The van der Waals surface area contributed by atoms with Crippen LogP contribution in [0, 0.1) is 0 Å². The average molecular weight is 187 g/mol. The summed E-state index contributed by atoms with van der Waals surface area (Å²) in [6.45, 7) is 1.67. The van der Waals surface area contributed by atoms with Gasteiger partial charge in [-0.3, -0.25) is 4.79 Å². The minimum atomic E-state index is -0.158. The number of rotatable bonds is 0. The molecule has 72 valence electrons. The van der Waals surface area contributed by atoms with E-state index in [1.807, 2.05) is 6.07 Å². The molecule has 0 saturated carbocycles.